The number of rotatable bonds is 5. The molecule has 0 amide bonds. The Bertz CT molecular complexity index is 270. The molecule has 0 spiro atoms. The first kappa shape index (κ1) is 10.8. The zero-order valence-corrected chi connectivity index (χ0v) is 8.32. The highest BCUT2D eigenvalue weighted by atomic mass is 16.5. The van der Waals surface area contributed by atoms with E-state index in [1.54, 1.807) is 0 Å². The van der Waals surface area contributed by atoms with Crippen LogP contribution in [-0.4, -0.2) is 24.1 Å². The number of esters is 1. The number of carbonyl (C=O) groups excluding carboxylic acids is 1. The van der Waals surface area contributed by atoms with E-state index < -0.39 is 6.04 Å². The van der Waals surface area contributed by atoms with Gasteiger partial charge in [0.15, 0.2) is 0 Å². The van der Waals surface area contributed by atoms with Crippen molar-refractivity contribution in [2.75, 3.05) is 7.11 Å². The van der Waals surface area contributed by atoms with Crippen LogP contribution in [0.1, 0.15) is 18.4 Å². The van der Waals surface area contributed by atoms with Crippen molar-refractivity contribution in [1.82, 2.24) is 4.98 Å². The number of aromatic nitrogens is 1. The van der Waals surface area contributed by atoms with E-state index in [9.17, 15) is 4.79 Å². The van der Waals surface area contributed by atoms with Crippen molar-refractivity contribution in [3.63, 3.8) is 0 Å². The number of methoxy groups -OCH3 is 1. The summed E-state index contributed by atoms with van der Waals surface area (Å²) in [5.74, 6) is -0.334. The maximum atomic E-state index is 11.0. The largest absolute Gasteiger partial charge is 0.468 e. The van der Waals surface area contributed by atoms with Crippen molar-refractivity contribution in [2.45, 2.75) is 25.3 Å². The molecule has 1 atom stereocenters. The molecule has 0 saturated heterocycles. The Labute approximate surface area is 83.4 Å². The van der Waals surface area contributed by atoms with E-state index in [0.29, 0.717) is 6.42 Å². The summed E-state index contributed by atoms with van der Waals surface area (Å²) in [5, 5.41) is 0. The summed E-state index contributed by atoms with van der Waals surface area (Å²) in [4.78, 5) is 13.9. The lowest BCUT2D eigenvalue weighted by Crippen LogP contribution is -2.31. The van der Waals surface area contributed by atoms with Crippen LogP contribution in [0.5, 0.6) is 0 Å². The van der Waals surface area contributed by atoms with Gasteiger partial charge in [-0.05, 0) is 30.9 Å². The molecule has 1 rings (SSSR count). The Hall–Kier alpha value is -1.29. The fraction of sp³-hybridized carbons (Fsp3) is 0.500. The van der Waals surface area contributed by atoms with Crippen molar-refractivity contribution >= 4 is 5.97 Å². The molecular weight excluding hydrogens is 180 g/mol. The lowest BCUT2D eigenvalue weighted by molar-refractivity contribution is -0.142. The second kappa shape index (κ2) is 5.44. The van der Waals surface area contributed by atoms with Gasteiger partial charge in [-0.3, -0.25) is 4.79 Å². The van der Waals surface area contributed by atoms with Crippen molar-refractivity contribution < 1.29 is 9.53 Å². The number of carbonyl (C=O) groups is 1. The SMILES string of the molecule is COC(=O)C(N)CCCc1cc[nH]c1. The monoisotopic (exact) mass is 196 g/mol. The quantitative estimate of drug-likeness (QED) is 0.686. The topological polar surface area (TPSA) is 68.1 Å². The third-order valence-electron chi connectivity index (χ3n) is 2.15. The molecule has 0 aliphatic heterocycles. The molecule has 0 aliphatic carbocycles. The lowest BCUT2D eigenvalue weighted by Gasteiger charge is -2.07. The minimum absolute atomic E-state index is 0.334. The molecule has 0 aromatic carbocycles. The van der Waals surface area contributed by atoms with Gasteiger partial charge < -0.3 is 15.5 Å². The third-order valence-corrected chi connectivity index (χ3v) is 2.15. The van der Waals surface area contributed by atoms with E-state index in [1.165, 1.54) is 12.7 Å². The predicted molar refractivity (Wildman–Crippen MR) is 53.7 cm³/mol. The molecule has 0 fully saturated rings. The van der Waals surface area contributed by atoms with Crippen LogP contribution in [0, 0.1) is 0 Å². The molecule has 78 valence electrons. The Morgan fingerprint density at radius 3 is 3.07 bits per heavy atom. The molecule has 0 radical (unpaired) electrons. The number of hydrogen-bond donors (Lipinski definition) is 2. The molecule has 0 bridgehead atoms. The number of nitrogens with two attached hydrogens (primary N) is 1. The Morgan fingerprint density at radius 1 is 1.71 bits per heavy atom. The summed E-state index contributed by atoms with van der Waals surface area (Å²) < 4.78 is 4.53. The molecule has 4 nitrogen and oxygen atoms in total. The number of H-pyrrole nitrogens is 1. The minimum Gasteiger partial charge on any atom is -0.468 e. The second-order valence-corrected chi connectivity index (χ2v) is 3.24. The van der Waals surface area contributed by atoms with Crippen LogP contribution < -0.4 is 5.73 Å². The van der Waals surface area contributed by atoms with Gasteiger partial charge in [0.2, 0.25) is 0 Å². The summed E-state index contributed by atoms with van der Waals surface area (Å²) in [6.45, 7) is 0. The zero-order chi connectivity index (χ0) is 10.4. The smallest absolute Gasteiger partial charge is 0.322 e. The summed E-state index contributed by atoms with van der Waals surface area (Å²) >= 11 is 0. The first-order valence-corrected chi connectivity index (χ1v) is 4.69. The van der Waals surface area contributed by atoms with E-state index in [4.69, 9.17) is 5.73 Å². The second-order valence-electron chi connectivity index (χ2n) is 3.24. The molecule has 0 aliphatic rings. The van der Waals surface area contributed by atoms with Gasteiger partial charge in [-0.25, -0.2) is 0 Å². The van der Waals surface area contributed by atoms with Crippen LogP contribution in [0.2, 0.25) is 0 Å². The average molecular weight is 196 g/mol. The van der Waals surface area contributed by atoms with Crippen molar-refractivity contribution in [2.24, 2.45) is 5.73 Å². The van der Waals surface area contributed by atoms with Crippen LogP contribution in [0.25, 0.3) is 0 Å². The highest BCUT2D eigenvalue weighted by Crippen LogP contribution is 2.05. The van der Waals surface area contributed by atoms with Crippen LogP contribution in [0.3, 0.4) is 0 Å². The molecule has 1 aromatic heterocycles. The van der Waals surface area contributed by atoms with Gasteiger partial charge in [-0.2, -0.15) is 0 Å². The molecular formula is C10H16N2O2. The molecule has 1 unspecified atom stereocenters. The minimum atomic E-state index is -0.487. The van der Waals surface area contributed by atoms with Gasteiger partial charge >= 0.3 is 5.97 Å². The van der Waals surface area contributed by atoms with E-state index in [1.807, 2.05) is 18.5 Å². The number of nitrogens with one attached hydrogen (secondary N) is 1. The normalized spacial score (nSPS) is 12.4. The fourth-order valence-electron chi connectivity index (χ4n) is 1.31. The molecule has 4 heteroatoms. The predicted octanol–water partition coefficient (Wildman–Crippen LogP) is 0.838. The first-order chi connectivity index (χ1) is 6.74. The molecule has 1 heterocycles. The van der Waals surface area contributed by atoms with E-state index in [2.05, 4.69) is 9.72 Å². The molecule has 1 aromatic rings. The maximum absolute atomic E-state index is 11.0. The zero-order valence-electron chi connectivity index (χ0n) is 8.32. The summed E-state index contributed by atoms with van der Waals surface area (Å²) in [5.41, 5.74) is 6.82. The number of aryl methyl sites for hydroxylation is 1. The summed E-state index contributed by atoms with van der Waals surface area (Å²) in [6.07, 6.45) is 6.33. The average Bonchev–Trinajstić information content (AvgIpc) is 2.69. The summed E-state index contributed by atoms with van der Waals surface area (Å²) in [7, 11) is 1.36. The molecule has 0 saturated carbocycles. The van der Waals surface area contributed by atoms with E-state index in [-0.39, 0.29) is 5.97 Å². The molecule has 3 N–H and O–H groups in total. The Balaban J connectivity index is 2.18. The van der Waals surface area contributed by atoms with Crippen LogP contribution >= 0.6 is 0 Å². The van der Waals surface area contributed by atoms with Gasteiger partial charge in [0.25, 0.3) is 0 Å². The fourth-order valence-corrected chi connectivity index (χ4v) is 1.31. The van der Waals surface area contributed by atoms with Crippen LogP contribution in [-0.2, 0) is 16.0 Å². The van der Waals surface area contributed by atoms with Gasteiger partial charge in [-0.1, -0.05) is 0 Å². The Kier molecular flexibility index (Phi) is 4.19. The lowest BCUT2D eigenvalue weighted by atomic mass is 10.1. The highest BCUT2D eigenvalue weighted by molar-refractivity contribution is 5.75. The van der Waals surface area contributed by atoms with Gasteiger partial charge in [0.05, 0.1) is 7.11 Å². The first-order valence-electron chi connectivity index (χ1n) is 4.69. The maximum Gasteiger partial charge on any atom is 0.322 e. The number of ether oxygens (including phenoxy) is 1. The highest BCUT2D eigenvalue weighted by Gasteiger charge is 2.12. The standard InChI is InChI=1S/C10H16N2O2/c1-14-10(13)9(11)4-2-3-8-5-6-12-7-8/h5-7,9,12H,2-4,11H2,1H3. The van der Waals surface area contributed by atoms with Crippen molar-refractivity contribution in [3.05, 3.63) is 24.0 Å². The van der Waals surface area contributed by atoms with Crippen LogP contribution in [0.15, 0.2) is 18.5 Å². The van der Waals surface area contributed by atoms with Gasteiger partial charge in [-0.15, -0.1) is 0 Å². The number of hydrogen-bond acceptors (Lipinski definition) is 3. The van der Waals surface area contributed by atoms with Gasteiger partial charge in [0, 0.05) is 12.4 Å². The van der Waals surface area contributed by atoms with E-state index in [0.717, 1.165) is 12.8 Å². The summed E-state index contributed by atoms with van der Waals surface area (Å²) in [6, 6.07) is 1.53. The van der Waals surface area contributed by atoms with Gasteiger partial charge in [0.1, 0.15) is 6.04 Å². The Morgan fingerprint density at radius 2 is 2.50 bits per heavy atom. The van der Waals surface area contributed by atoms with E-state index >= 15 is 0 Å². The number of aromatic amines is 1. The van der Waals surface area contributed by atoms with Crippen molar-refractivity contribution in [1.29, 1.82) is 0 Å². The molecule has 14 heavy (non-hydrogen) atoms. The van der Waals surface area contributed by atoms with Crippen molar-refractivity contribution in [3.8, 4) is 0 Å². The van der Waals surface area contributed by atoms with Crippen LogP contribution in [0.4, 0.5) is 0 Å². The third kappa shape index (κ3) is 3.22.